The first-order valence-electron chi connectivity index (χ1n) is 6.32. The van der Waals surface area contributed by atoms with E-state index in [1.807, 2.05) is 0 Å². The first-order valence-corrected chi connectivity index (χ1v) is 7.30. The van der Waals surface area contributed by atoms with Gasteiger partial charge in [-0.15, -0.1) is 0 Å². The van der Waals surface area contributed by atoms with Crippen LogP contribution in [0.1, 0.15) is 18.6 Å². The summed E-state index contributed by atoms with van der Waals surface area (Å²) in [6.07, 6.45) is 1.45. The van der Waals surface area contributed by atoms with Crippen molar-refractivity contribution in [3.63, 3.8) is 0 Å². The van der Waals surface area contributed by atoms with E-state index in [-0.39, 0.29) is 16.9 Å². The largest absolute Gasteiger partial charge is 0.468 e. The minimum atomic E-state index is -0.700. The average molecular weight is 318 g/mol. The predicted octanol–water partition coefficient (Wildman–Crippen LogP) is 0.679. The molecule has 1 aliphatic heterocycles. The van der Waals surface area contributed by atoms with Crippen molar-refractivity contribution in [2.75, 3.05) is 5.75 Å². The Balaban J connectivity index is 2.52. The zero-order valence-corrected chi connectivity index (χ0v) is 12.6. The van der Waals surface area contributed by atoms with Crippen molar-refractivity contribution in [2.24, 2.45) is 11.5 Å². The van der Waals surface area contributed by atoms with Crippen molar-refractivity contribution in [1.29, 1.82) is 5.26 Å². The number of allylic oxidation sites excluding steroid dienone is 2. The molecule has 7 nitrogen and oxygen atoms in total. The van der Waals surface area contributed by atoms with Crippen molar-refractivity contribution < 1.29 is 14.0 Å². The summed E-state index contributed by atoms with van der Waals surface area (Å²) in [7, 11) is 0. The number of thioether (sulfide) groups is 1. The van der Waals surface area contributed by atoms with Gasteiger partial charge in [-0.1, -0.05) is 11.8 Å². The maximum absolute atomic E-state index is 11.8. The number of nitriles is 1. The number of amides is 2. The molecular formula is C14H14N4O3S. The maximum atomic E-state index is 11.8. The molecule has 8 heteroatoms. The molecule has 1 atom stereocenters. The molecule has 2 amide bonds. The standard InChI is InChI=1S/C14H14N4O3S/c1-7-11(13(17)20)12(9-3-2-4-21-9)8(5-15)14(18-7)22-6-10(16)19/h2-4,12,18H,6H2,1H3,(H2,16,19)(H2,17,20). The van der Waals surface area contributed by atoms with Gasteiger partial charge in [0.1, 0.15) is 5.76 Å². The van der Waals surface area contributed by atoms with Crippen LogP contribution in [0.2, 0.25) is 0 Å². The van der Waals surface area contributed by atoms with Crippen LogP contribution >= 0.6 is 11.8 Å². The van der Waals surface area contributed by atoms with Gasteiger partial charge in [0.25, 0.3) is 0 Å². The quantitative estimate of drug-likeness (QED) is 0.730. The highest BCUT2D eigenvalue weighted by Crippen LogP contribution is 2.40. The molecule has 2 heterocycles. The van der Waals surface area contributed by atoms with E-state index >= 15 is 0 Å². The lowest BCUT2D eigenvalue weighted by Gasteiger charge is -2.27. The van der Waals surface area contributed by atoms with Crippen LogP contribution < -0.4 is 16.8 Å². The molecule has 0 saturated carbocycles. The van der Waals surface area contributed by atoms with E-state index in [9.17, 15) is 14.9 Å². The molecule has 0 bridgehead atoms. The molecule has 1 aromatic rings. The minimum absolute atomic E-state index is 0.0115. The zero-order valence-electron chi connectivity index (χ0n) is 11.8. The van der Waals surface area contributed by atoms with E-state index in [2.05, 4.69) is 11.4 Å². The second kappa shape index (κ2) is 6.41. The van der Waals surface area contributed by atoms with Gasteiger partial charge in [-0.05, 0) is 19.1 Å². The molecule has 1 aromatic heterocycles. The molecule has 1 aliphatic rings. The first kappa shape index (κ1) is 15.7. The van der Waals surface area contributed by atoms with Crippen LogP contribution in [0.3, 0.4) is 0 Å². The van der Waals surface area contributed by atoms with Crippen LogP contribution in [0.15, 0.2) is 44.7 Å². The molecule has 114 valence electrons. The van der Waals surface area contributed by atoms with Crippen molar-refractivity contribution in [1.82, 2.24) is 5.32 Å². The normalized spacial score (nSPS) is 17.9. The Kier molecular flexibility index (Phi) is 4.58. The second-order valence-corrected chi connectivity index (χ2v) is 5.57. The van der Waals surface area contributed by atoms with Crippen LogP contribution in [0.25, 0.3) is 0 Å². The number of carbonyl (C=O) groups excluding carboxylic acids is 2. The lowest BCUT2D eigenvalue weighted by molar-refractivity contribution is -0.116. The number of nitrogens with two attached hydrogens (primary N) is 2. The van der Waals surface area contributed by atoms with E-state index in [0.29, 0.717) is 16.5 Å². The summed E-state index contributed by atoms with van der Waals surface area (Å²) < 4.78 is 5.35. The number of nitrogens with one attached hydrogen (secondary N) is 1. The van der Waals surface area contributed by atoms with Crippen LogP contribution in [-0.4, -0.2) is 17.6 Å². The summed E-state index contributed by atoms with van der Waals surface area (Å²) in [4.78, 5) is 22.7. The molecule has 0 aromatic carbocycles. The summed E-state index contributed by atoms with van der Waals surface area (Å²) in [6, 6.07) is 5.39. The third-order valence-electron chi connectivity index (χ3n) is 3.10. The smallest absolute Gasteiger partial charge is 0.247 e. The van der Waals surface area contributed by atoms with E-state index in [1.54, 1.807) is 19.1 Å². The molecule has 0 radical (unpaired) electrons. The topological polar surface area (TPSA) is 135 Å². The average Bonchev–Trinajstić information content (AvgIpc) is 2.97. The summed E-state index contributed by atoms with van der Waals surface area (Å²) >= 11 is 1.10. The Morgan fingerprint density at radius 3 is 2.73 bits per heavy atom. The van der Waals surface area contributed by atoms with Crippen molar-refractivity contribution in [3.05, 3.63) is 46.0 Å². The molecule has 2 rings (SSSR count). The highest BCUT2D eigenvalue weighted by atomic mass is 32.2. The Bertz CT molecular complexity index is 713. The highest BCUT2D eigenvalue weighted by Gasteiger charge is 2.35. The van der Waals surface area contributed by atoms with Crippen molar-refractivity contribution in [2.45, 2.75) is 12.8 Å². The van der Waals surface area contributed by atoms with Gasteiger partial charge in [-0.3, -0.25) is 9.59 Å². The third kappa shape index (κ3) is 2.99. The van der Waals surface area contributed by atoms with Crippen LogP contribution in [0.4, 0.5) is 0 Å². The molecule has 0 saturated heterocycles. The first-order chi connectivity index (χ1) is 10.5. The minimum Gasteiger partial charge on any atom is -0.468 e. The van der Waals surface area contributed by atoms with Gasteiger partial charge in [0.2, 0.25) is 11.8 Å². The van der Waals surface area contributed by atoms with Gasteiger partial charge >= 0.3 is 0 Å². The predicted molar refractivity (Wildman–Crippen MR) is 80.8 cm³/mol. The summed E-state index contributed by atoms with van der Waals surface area (Å²) in [6.45, 7) is 1.68. The van der Waals surface area contributed by atoms with Gasteiger partial charge in [0.05, 0.1) is 40.2 Å². The van der Waals surface area contributed by atoms with E-state index in [4.69, 9.17) is 15.9 Å². The molecular weight excluding hydrogens is 304 g/mol. The van der Waals surface area contributed by atoms with Crippen LogP contribution in [-0.2, 0) is 9.59 Å². The Labute approximate surface area is 131 Å². The SMILES string of the molecule is CC1=C(C(N)=O)C(c2ccco2)C(C#N)=C(SCC(N)=O)N1. The van der Waals surface area contributed by atoms with Gasteiger partial charge in [0, 0.05) is 5.70 Å². The number of hydrogen-bond acceptors (Lipinski definition) is 6. The Morgan fingerprint density at radius 1 is 1.50 bits per heavy atom. The monoisotopic (exact) mass is 318 g/mol. The number of hydrogen-bond donors (Lipinski definition) is 3. The number of rotatable bonds is 5. The highest BCUT2D eigenvalue weighted by molar-refractivity contribution is 8.03. The molecule has 0 aliphatic carbocycles. The zero-order chi connectivity index (χ0) is 16.3. The fourth-order valence-corrected chi connectivity index (χ4v) is 3.07. The Hall–Kier alpha value is -2.66. The number of dihydropyridines is 1. The van der Waals surface area contributed by atoms with E-state index < -0.39 is 17.7 Å². The molecule has 0 fully saturated rings. The fraction of sp³-hybridized carbons (Fsp3) is 0.214. The van der Waals surface area contributed by atoms with E-state index in [1.165, 1.54) is 6.26 Å². The second-order valence-electron chi connectivity index (χ2n) is 4.59. The molecule has 0 spiro atoms. The van der Waals surface area contributed by atoms with Crippen LogP contribution in [0.5, 0.6) is 0 Å². The van der Waals surface area contributed by atoms with E-state index in [0.717, 1.165) is 11.8 Å². The maximum Gasteiger partial charge on any atom is 0.247 e. The number of furan rings is 1. The van der Waals surface area contributed by atoms with Gasteiger partial charge in [-0.25, -0.2) is 0 Å². The number of primary amides is 2. The molecule has 22 heavy (non-hydrogen) atoms. The van der Waals surface area contributed by atoms with Crippen molar-refractivity contribution >= 4 is 23.6 Å². The van der Waals surface area contributed by atoms with Crippen LogP contribution in [0, 0.1) is 11.3 Å². The third-order valence-corrected chi connectivity index (χ3v) is 4.14. The lowest BCUT2D eigenvalue weighted by atomic mass is 9.86. The lowest BCUT2D eigenvalue weighted by Crippen LogP contribution is -2.31. The van der Waals surface area contributed by atoms with Crippen molar-refractivity contribution in [3.8, 4) is 6.07 Å². The Morgan fingerprint density at radius 2 is 2.23 bits per heavy atom. The fourth-order valence-electron chi connectivity index (χ4n) is 2.24. The number of nitrogens with zero attached hydrogens (tertiary/aromatic N) is 1. The summed E-state index contributed by atoms with van der Waals surface area (Å²) in [5.41, 5.74) is 11.6. The summed E-state index contributed by atoms with van der Waals surface area (Å²) in [5, 5.41) is 12.9. The van der Waals surface area contributed by atoms with Gasteiger partial charge < -0.3 is 21.2 Å². The summed E-state index contributed by atoms with van der Waals surface area (Å²) in [5.74, 6) is -1.40. The molecule has 1 unspecified atom stereocenters. The van der Waals surface area contributed by atoms with Gasteiger partial charge in [-0.2, -0.15) is 5.26 Å². The van der Waals surface area contributed by atoms with Gasteiger partial charge in [0.15, 0.2) is 0 Å². The molecule has 5 N–H and O–H groups in total. The number of carbonyl (C=O) groups is 2.